The minimum atomic E-state index is -0.296. The number of aryl methyl sites for hydroxylation is 1. The average Bonchev–Trinajstić information content (AvgIpc) is 3.34. The van der Waals surface area contributed by atoms with Crippen LogP contribution in [0.3, 0.4) is 0 Å². The molecule has 0 spiro atoms. The number of aromatic nitrogens is 4. The highest BCUT2D eigenvalue weighted by Crippen LogP contribution is 2.22. The third kappa shape index (κ3) is 4.58. The minimum Gasteiger partial charge on any atom is -0.484 e. The third-order valence-corrected chi connectivity index (χ3v) is 4.71. The van der Waals surface area contributed by atoms with Gasteiger partial charge in [-0.1, -0.05) is 30.0 Å². The van der Waals surface area contributed by atoms with Crippen molar-refractivity contribution in [2.75, 3.05) is 0 Å². The van der Waals surface area contributed by atoms with Gasteiger partial charge in [-0.15, -0.1) is 10.2 Å². The van der Waals surface area contributed by atoms with E-state index in [1.54, 1.807) is 23.0 Å². The summed E-state index contributed by atoms with van der Waals surface area (Å²) in [5.41, 5.74) is 2.62. The van der Waals surface area contributed by atoms with Gasteiger partial charge in [-0.3, -0.25) is 0 Å². The molecule has 0 aliphatic carbocycles. The summed E-state index contributed by atoms with van der Waals surface area (Å²) in [6.45, 7) is 2.22. The zero-order chi connectivity index (χ0) is 19.3. The van der Waals surface area contributed by atoms with Crippen molar-refractivity contribution in [3.8, 4) is 11.4 Å². The fraction of sp³-hybridized carbons (Fsp3) is 0.150. The van der Waals surface area contributed by atoms with E-state index in [4.69, 9.17) is 9.15 Å². The first-order chi connectivity index (χ1) is 13.7. The highest BCUT2D eigenvalue weighted by molar-refractivity contribution is 7.98. The van der Waals surface area contributed by atoms with E-state index < -0.39 is 0 Å². The van der Waals surface area contributed by atoms with Crippen molar-refractivity contribution >= 4 is 11.8 Å². The topological polar surface area (TPSA) is 66.0 Å². The lowest BCUT2D eigenvalue weighted by molar-refractivity contribution is 0.252. The molecule has 4 rings (SSSR count). The molecule has 0 amide bonds. The number of rotatable bonds is 7. The highest BCUT2D eigenvalue weighted by Gasteiger charge is 2.10. The number of hydrogen-bond acceptors (Lipinski definition) is 6. The van der Waals surface area contributed by atoms with E-state index in [1.807, 2.05) is 37.3 Å². The Morgan fingerprint density at radius 1 is 1.11 bits per heavy atom. The lowest BCUT2D eigenvalue weighted by Crippen LogP contribution is -1.96. The lowest BCUT2D eigenvalue weighted by atomic mass is 10.2. The number of nitrogens with zero attached hydrogens (tertiary/aromatic N) is 4. The number of ether oxygens (including phenoxy) is 1. The van der Waals surface area contributed by atoms with E-state index in [0.717, 1.165) is 17.0 Å². The Labute approximate surface area is 165 Å². The fourth-order valence-corrected chi connectivity index (χ4v) is 3.22. The Morgan fingerprint density at radius 3 is 2.86 bits per heavy atom. The molecule has 2 aromatic heterocycles. The van der Waals surface area contributed by atoms with E-state index in [1.165, 1.54) is 23.9 Å². The van der Waals surface area contributed by atoms with Gasteiger partial charge >= 0.3 is 0 Å². The van der Waals surface area contributed by atoms with E-state index in [9.17, 15) is 4.39 Å². The molecule has 0 atom stereocenters. The van der Waals surface area contributed by atoms with Gasteiger partial charge < -0.3 is 9.15 Å². The van der Waals surface area contributed by atoms with E-state index in [2.05, 4.69) is 15.3 Å². The Kier molecular flexibility index (Phi) is 5.38. The van der Waals surface area contributed by atoms with E-state index in [-0.39, 0.29) is 12.4 Å². The Balaban J connectivity index is 1.32. The zero-order valence-corrected chi connectivity index (χ0v) is 15.9. The molecule has 0 fully saturated rings. The maximum atomic E-state index is 13.3. The van der Waals surface area contributed by atoms with Gasteiger partial charge in [-0.25, -0.2) is 9.07 Å². The van der Waals surface area contributed by atoms with Crippen molar-refractivity contribution in [2.45, 2.75) is 24.5 Å². The lowest BCUT2D eigenvalue weighted by Gasteiger charge is -2.03. The van der Waals surface area contributed by atoms with Crippen molar-refractivity contribution in [2.24, 2.45) is 0 Å². The smallest absolute Gasteiger partial charge is 0.277 e. The molecule has 28 heavy (non-hydrogen) atoms. The Morgan fingerprint density at radius 2 is 2.00 bits per heavy atom. The SMILES string of the molecule is Cc1cccc(OCc2nnc(SCc3ccn(-c4cccc(F)c4)n3)o2)c1. The molecule has 6 nitrogen and oxygen atoms in total. The molecule has 4 aromatic rings. The molecule has 0 N–H and O–H groups in total. The van der Waals surface area contributed by atoms with Crippen molar-refractivity contribution in [3.05, 3.63) is 83.8 Å². The summed E-state index contributed by atoms with van der Waals surface area (Å²) in [5.74, 6) is 1.43. The molecule has 0 bridgehead atoms. The van der Waals surface area contributed by atoms with Crippen LogP contribution in [0.2, 0.25) is 0 Å². The van der Waals surface area contributed by atoms with Gasteiger partial charge in [-0.2, -0.15) is 5.10 Å². The van der Waals surface area contributed by atoms with Crippen LogP contribution in [-0.4, -0.2) is 20.0 Å². The second-order valence-corrected chi connectivity index (χ2v) is 7.01. The molecule has 0 radical (unpaired) electrons. The average molecular weight is 396 g/mol. The van der Waals surface area contributed by atoms with E-state index in [0.29, 0.717) is 22.6 Å². The van der Waals surface area contributed by atoms with Crippen LogP contribution in [0.4, 0.5) is 4.39 Å². The first kappa shape index (κ1) is 18.2. The van der Waals surface area contributed by atoms with Gasteiger partial charge in [0.1, 0.15) is 11.6 Å². The first-order valence-electron chi connectivity index (χ1n) is 8.61. The van der Waals surface area contributed by atoms with Gasteiger partial charge in [0.2, 0.25) is 0 Å². The van der Waals surface area contributed by atoms with Crippen LogP contribution in [0, 0.1) is 12.7 Å². The summed E-state index contributed by atoms with van der Waals surface area (Å²) in [6, 6.07) is 15.9. The van der Waals surface area contributed by atoms with Gasteiger partial charge in [0, 0.05) is 11.9 Å². The van der Waals surface area contributed by atoms with Crippen LogP contribution in [0.5, 0.6) is 5.75 Å². The summed E-state index contributed by atoms with van der Waals surface area (Å²) in [6.07, 6.45) is 1.79. The van der Waals surface area contributed by atoms with Crippen LogP contribution in [0.15, 0.2) is 70.4 Å². The predicted octanol–water partition coefficient (Wildman–Crippen LogP) is 4.57. The normalized spacial score (nSPS) is 10.9. The summed E-state index contributed by atoms with van der Waals surface area (Å²) < 4.78 is 26.2. The van der Waals surface area contributed by atoms with Crippen molar-refractivity contribution in [1.29, 1.82) is 0 Å². The minimum absolute atomic E-state index is 0.214. The Hall–Kier alpha value is -3.13. The van der Waals surface area contributed by atoms with Crippen LogP contribution in [0.1, 0.15) is 17.1 Å². The molecule has 142 valence electrons. The zero-order valence-electron chi connectivity index (χ0n) is 15.1. The quantitative estimate of drug-likeness (QED) is 0.426. The van der Waals surface area contributed by atoms with Crippen LogP contribution in [-0.2, 0) is 12.4 Å². The molecule has 0 unspecified atom stereocenters. The van der Waals surface area contributed by atoms with Gasteiger partial charge in [0.05, 0.1) is 11.4 Å². The molecular weight excluding hydrogens is 379 g/mol. The molecule has 8 heteroatoms. The van der Waals surface area contributed by atoms with Crippen molar-refractivity contribution < 1.29 is 13.5 Å². The second kappa shape index (κ2) is 8.26. The molecule has 0 saturated carbocycles. The molecule has 0 saturated heterocycles. The van der Waals surface area contributed by atoms with Crippen LogP contribution in [0.25, 0.3) is 5.69 Å². The summed E-state index contributed by atoms with van der Waals surface area (Å²) in [5, 5.41) is 12.9. The van der Waals surface area contributed by atoms with Gasteiger partial charge in [-0.05, 0) is 48.9 Å². The molecule has 2 heterocycles. The molecule has 0 aliphatic rings. The number of hydrogen-bond donors (Lipinski definition) is 0. The predicted molar refractivity (Wildman–Crippen MR) is 103 cm³/mol. The number of halogens is 1. The monoisotopic (exact) mass is 396 g/mol. The Bertz CT molecular complexity index is 1080. The fourth-order valence-electron chi connectivity index (χ4n) is 2.54. The molecule has 2 aromatic carbocycles. The molecular formula is C20H17FN4O2S. The first-order valence-corrected chi connectivity index (χ1v) is 9.59. The molecule has 0 aliphatic heterocycles. The number of thioether (sulfide) groups is 1. The third-order valence-electron chi connectivity index (χ3n) is 3.86. The largest absolute Gasteiger partial charge is 0.484 e. The summed E-state index contributed by atoms with van der Waals surface area (Å²) in [4.78, 5) is 0. The van der Waals surface area contributed by atoms with Crippen molar-refractivity contribution in [3.63, 3.8) is 0 Å². The second-order valence-electron chi connectivity index (χ2n) is 6.09. The maximum absolute atomic E-state index is 13.3. The van der Waals surface area contributed by atoms with Crippen LogP contribution >= 0.6 is 11.8 Å². The van der Waals surface area contributed by atoms with Gasteiger partial charge in [0.25, 0.3) is 11.1 Å². The van der Waals surface area contributed by atoms with E-state index >= 15 is 0 Å². The maximum Gasteiger partial charge on any atom is 0.277 e. The highest BCUT2D eigenvalue weighted by atomic mass is 32.2. The standard InChI is InChI=1S/C20H17FN4O2S/c1-14-4-2-7-18(10-14)26-12-19-22-23-20(27-19)28-13-16-8-9-25(24-16)17-6-3-5-15(21)11-17/h2-11H,12-13H2,1H3. The van der Waals surface area contributed by atoms with Gasteiger partial charge in [0.15, 0.2) is 6.61 Å². The summed E-state index contributed by atoms with van der Waals surface area (Å²) in [7, 11) is 0. The van der Waals surface area contributed by atoms with Crippen LogP contribution < -0.4 is 4.74 Å². The summed E-state index contributed by atoms with van der Waals surface area (Å²) >= 11 is 1.38. The van der Waals surface area contributed by atoms with Crippen molar-refractivity contribution in [1.82, 2.24) is 20.0 Å². The number of benzene rings is 2.